The Balaban J connectivity index is 2.38. The number of aliphatic hydroxyl groups excluding tert-OH is 2. The summed E-state index contributed by atoms with van der Waals surface area (Å²) in [7, 11) is 0. The van der Waals surface area contributed by atoms with Crippen LogP contribution in [0, 0.1) is 0 Å². The number of aliphatic hydroxyl groups is 2. The van der Waals surface area contributed by atoms with Gasteiger partial charge in [-0.1, -0.05) is 0 Å². The molecule has 0 bridgehead atoms. The molecule has 0 aliphatic carbocycles. The first-order valence-corrected chi connectivity index (χ1v) is 5.79. The SMILES string of the molecule is O=c1ncccn1[C@@H]1O[C@@](CO)(CCl)[C@@H](O)[C@H]1F. The third-order valence-electron chi connectivity index (χ3n) is 2.98. The molecule has 0 amide bonds. The maximum atomic E-state index is 14.0. The zero-order valence-corrected chi connectivity index (χ0v) is 10.00. The minimum absolute atomic E-state index is 0.295. The normalized spacial score (nSPS) is 35.9. The summed E-state index contributed by atoms with van der Waals surface area (Å²) in [5.74, 6) is -0.295. The average Bonchev–Trinajstić information content (AvgIpc) is 2.64. The molecule has 18 heavy (non-hydrogen) atoms. The summed E-state index contributed by atoms with van der Waals surface area (Å²) >= 11 is 5.60. The highest BCUT2D eigenvalue weighted by atomic mass is 35.5. The van der Waals surface area contributed by atoms with Crippen molar-refractivity contribution >= 4 is 11.6 Å². The van der Waals surface area contributed by atoms with Crippen molar-refractivity contribution in [3.63, 3.8) is 0 Å². The van der Waals surface area contributed by atoms with Crippen molar-refractivity contribution in [3.8, 4) is 0 Å². The second-order valence-corrected chi connectivity index (χ2v) is 4.33. The summed E-state index contributed by atoms with van der Waals surface area (Å²) < 4.78 is 20.2. The summed E-state index contributed by atoms with van der Waals surface area (Å²) in [4.78, 5) is 14.9. The number of hydrogen-bond donors (Lipinski definition) is 2. The van der Waals surface area contributed by atoms with Gasteiger partial charge in [0.2, 0.25) is 0 Å². The molecular formula is C10H12ClFN2O4. The Kier molecular flexibility index (Phi) is 3.67. The Bertz CT molecular complexity index is 479. The van der Waals surface area contributed by atoms with Crippen LogP contribution in [0.2, 0.25) is 0 Å². The number of hydrogen-bond acceptors (Lipinski definition) is 5. The van der Waals surface area contributed by atoms with Gasteiger partial charge in [-0.3, -0.25) is 4.57 Å². The van der Waals surface area contributed by atoms with Crippen LogP contribution in [0.15, 0.2) is 23.3 Å². The lowest BCUT2D eigenvalue weighted by molar-refractivity contribution is -0.115. The van der Waals surface area contributed by atoms with Gasteiger partial charge in [-0.2, -0.15) is 0 Å². The molecule has 0 spiro atoms. The van der Waals surface area contributed by atoms with Gasteiger partial charge in [0.25, 0.3) is 0 Å². The van der Waals surface area contributed by atoms with Crippen LogP contribution < -0.4 is 5.69 Å². The number of rotatable bonds is 3. The molecule has 0 unspecified atom stereocenters. The van der Waals surface area contributed by atoms with Crippen LogP contribution in [0.3, 0.4) is 0 Å². The molecular weight excluding hydrogens is 267 g/mol. The molecule has 1 aliphatic rings. The second kappa shape index (κ2) is 4.93. The van der Waals surface area contributed by atoms with E-state index in [2.05, 4.69) is 4.98 Å². The molecule has 2 heterocycles. The fraction of sp³-hybridized carbons (Fsp3) is 0.600. The highest BCUT2D eigenvalue weighted by Gasteiger charge is 2.55. The van der Waals surface area contributed by atoms with E-state index >= 15 is 0 Å². The Labute approximate surface area is 107 Å². The minimum atomic E-state index is -1.88. The van der Waals surface area contributed by atoms with Crippen molar-refractivity contribution in [2.24, 2.45) is 0 Å². The zero-order chi connectivity index (χ0) is 13.3. The first-order valence-electron chi connectivity index (χ1n) is 5.25. The highest BCUT2D eigenvalue weighted by molar-refractivity contribution is 6.18. The van der Waals surface area contributed by atoms with Gasteiger partial charge >= 0.3 is 5.69 Å². The summed E-state index contributed by atoms with van der Waals surface area (Å²) in [6.07, 6.45) is -2.29. The molecule has 8 heteroatoms. The van der Waals surface area contributed by atoms with Gasteiger partial charge in [-0.05, 0) is 6.07 Å². The third-order valence-corrected chi connectivity index (χ3v) is 3.43. The van der Waals surface area contributed by atoms with Gasteiger partial charge < -0.3 is 14.9 Å². The van der Waals surface area contributed by atoms with E-state index in [4.69, 9.17) is 16.3 Å². The highest BCUT2D eigenvalue weighted by Crippen LogP contribution is 2.38. The van der Waals surface area contributed by atoms with Crippen LogP contribution in [0.5, 0.6) is 0 Å². The lowest BCUT2D eigenvalue weighted by Crippen LogP contribution is -2.47. The summed E-state index contributed by atoms with van der Waals surface area (Å²) in [5, 5.41) is 18.9. The van der Waals surface area contributed by atoms with E-state index < -0.39 is 36.4 Å². The smallest absolute Gasteiger partial charge is 0.349 e. The molecule has 0 aromatic carbocycles. The van der Waals surface area contributed by atoms with Gasteiger partial charge in [-0.25, -0.2) is 14.2 Å². The Morgan fingerprint density at radius 3 is 2.89 bits per heavy atom. The largest absolute Gasteiger partial charge is 0.393 e. The van der Waals surface area contributed by atoms with Crippen LogP contribution in [0.4, 0.5) is 4.39 Å². The number of nitrogens with zero attached hydrogens (tertiary/aromatic N) is 2. The maximum Gasteiger partial charge on any atom is 0.349 e. The van der Waals surface area contributed by atoms with Crippen LogP contribution >= 0.6 is 11.6 Å². The van der Waals surface area contributed by atoms with Gasteiger partial charge in [0.1, 0.15) is 11.7 Å². The van der Waals surface area contributed by atoms with Crippen LogP contribution in [0.1, 0.15) is 6.23 Å². The molecule has 2 rings (SSSR count). The van der Waals surface area contributed by atoms with E-state index in [0.717, 1.165) is 4.57 Å². The van der Waals surface area contributed by atoms with E-state index in [1.807, 2.05) is 0 Å². The first-order chi connectivity index (χ1) is 8.55. The van der Waals surface area contributed by atoms with Crippen molar-refractivity contribution in [2.75, 3.05) is 12.5 Å². The topological polar surface area (TPSA) is 84.6 Å². The van der Waals surface area contributed by atoms with Crippen molar-refractivity contribution in [2.45, 2.75) is 24.1 Å². The lowest BCUT2D eigenvalue weighted by atomic mass is 9.99. The Hall–Kier alpha value is -1.02. The monoisotopic (exact) mass is 278 g/mol. The third kappa shape index (κ3) is 1.93. The van der Waals surface area contributed by atoms with Gasteiger partial charge in [0.05, 0.1) is 12.5 Å². The fourth-order valence-electron chi connectivity index (χ4n) is 1.88. The molecule has 100 valence electrons. The molecule has 1 saturated heterocycles. The quantitative estimate of drug-likeness (QED) is 0.724. The Morgan fingerprint density at radius 1 is 1.67 bits per heavy atom. The second-order valence-electron chi connectivity index (χ2n) is 4.06. The van der Waals surface area contributed by atoms with E-state index in [9.17, 15) is 19.4 Å². The van der Waals surface area contributed by atoms with Crippen molar-refractivity contribution in [1.82, 2.24) is 9.55 Å². The van der Waals surface area contributed by atoms with Crippen molar-refractivity contribution < 1.29 is 19.3 Å². The molecule has 1 aromatic heterocycles. The minimum Gasteiger partial charge on any atom is -0.393 e. The van der Waals surface area contributed by atoms with Gasteiger partial charge in [0.15, 0.2) is 12.4 Å². The molecule has 4 atom stereocenters. The van der Waals surface area contributed by atoms with Crippen molar-refractivity contribution in [3.05, 3.63) is 28.9 Å². The number of halogens is 2. The summed E-state index contributed by atoms with van der Waals surface area (Å²) in [6.45, 7) is -0.649. The van der Waals surface area contributed by atoms with E-state index in [1.54, 1.807) is 0 Å². The standard InChI is InChI=1S/C10H12ClFN2O4/c11-4-10(5-15)7(16)6(12)8(18-10)14-3-1-2-13-9(14)17/h1-3,6-8,15-16H,4-5H2/t6-,7+,8-,10-/m1/s1. The molecule has 0 radical (unpaired) electrons. The van der Waals surface area contributed by atoms with Gasteiger partial charge in [-0.15, -0.1) is 11.6 Å². The zero-order valence-electron chi connectivity index (χ0n) is 9.24. The summed E-state index contributed by atoms with van der Waals surface area (Å²) in [6, 6.07) is 1.43. The van der Waals surface area contributed by atoms with E-state index in [0.29, 0.717) is 0 Å². The van der Waals surface area contributed by atoms with Crippen molar-refractivity contribution in [1.29, 1.82) is 0 Å². The molecule has 1 fully saturated rings. The fourth-order valence-corrected chi connectivity index (χ4v) is 2.18. The molecule has 1 aromatic rings. The predicted molar refractivity (Wildman–Crippen MR) is 60.1 cm³/mol. The number of ether oxygens (including phenoxy) is 1. The van der Waals surface area contributed by atoms with E-state index in [1.165, 1.54) is 18.5 Å². The first kappa shape index (κ1) is 13.4. The number of alkyl halides is 2. The lowest BCUT2D eigenvalue weighted by Gasteiger charge is -2.26. The van der Waals surface area contributed by atoms with Gasteiger partial charge in [0, 0.05) is 12.4 Å². The van der Waals surface area contributed by atoms with Crippen LogP contribution in [-0.2, 0) is 4.74 Å². The van der Waals surface area contributed by atoms with Crippen LogP contribution in [-0.4, -0.2) is 50.1 Å². The van der Waals surface area contributed by atoms with Crippen LogP contribution in [0.25, 0.3) is 0 Å². The maximum absolute atomic E-state index is 14.0. The Morgan fingerprint density at radius 2 is 2.39 bits per heavy atom. The number of aromatic nitrogens is 2. The molecule has 1 aliphatic heterocycles. The average molecular weight is 279 g/mol. The molecule has 6 nitrogen and oxygen atoms in total. The molecule has 0 saturated carbocycles. The van der Waals surface area contributed by atoms with E-state index in [-0.39, 0.29) is 5.88 Å². The molecule has 2 N–H and O–H groups in total. The predicted octanol–water partition coefficient (Wildman–Crippen LogP) is -0.559. The summed E-state index contributed by atoms with van der Waals surface area (Å²) in [5.41, 5.74) is -2.32.